The molecule has 0 atom stereocenters. The van der Waals surface area contributed by atoms with Crippen LogP contribution in [0.5, 0.6) is 0 Å². The number of hydrogen-bond donors (Lipinski definition) is 0. The lowest BCUT2D eigenvalue weighted by Crippen LogP contribution is -2.14. The summed E-state index contributed by atoms with van der Waals surface area (Å²) in [5, 5.41) is 10.4. The number of halogens is 1. The smallest absolute Gasteiger partial charge is 0.307 e. The van der Waals surface area contributed by atoms with Crippen LogP contribution in [0.15, 0.2) is 71.8 Å². The highest BCUT2D eigenvalue weighted by atomic mass is 35.5. The Bertz CT molecular complexity index is 1080. The second-order valence-electron chi connectivity index (χ2n) is 6.22. The third kappa shape index (κ3) is 5.93. The normalized spacial score (nSPS) is 10.3. The van der Waals surface area contributed by atoms with Crippen LogP contribution in [-0.2, 0) is 9.53 Å². The topological polar surface area (TPSA) is 80.1 Å². The van der Waals surface area contributed by atoms with Crippen molar-refractivity contribution < 1.29 is 14.3 Å². The number of carbonyl (C=O) groups excluding carboxylic acids is 2. The first-order chi connectivity index (χ1) is 14.6. The van der Waals surface area contributed by atoms with Crippen LogP contribution in [0.1, 0.15) is 22.3 Å². The number of hydrogen-bond acceptors (Lipinski definition) is 6. The maximum Gasteiger partial charge on any atom is 0.307 e. The molecule has 0 fully saturated rings. The van der Waals surface area contributed by atoms with Gasteiger partial charge in [0.15, 0.2) is 12.4 Å². The molecule has 0 aliphatic carbocycles. The third-order valence-corrected chi connectivity index (χ3v) is 5.37. The fourth-order valence-electron chi connectivity index (χ4n) is 2.57. The summed E-state index contributed by atoms with van der Waals surface area (Å²) in [6.45, 7) is -0.323. The summed E-state index contributed by atoms with van der Waals surface area (Å²) in [4.78, 5) is 28.6. The molecule has 0 radical (unpaired) electrons. The molecule has 0 spiro atoms. The summed E-state index contributed by atoms with van der Waals surface area (Å²) in [5.41, 5.74) is 2.59. The number of nitrogens with zero attached hydrogens (tertiary/aromatic N) is 2. The van der Waals surface area contributed by atoms with E-state index in [-0.39, 0.29) is 18.8 Å². The zero-order valence-electron chi connectivity index (χ0n) is 15.9. The first-order valence-corrected chi connectivity index (χ1v) is 10.5. The molecule has 30 heavy (non-hydrogen) atoms. The van der Waals surface area contributed by atoms with Crippen LogP contribution in [0.4, 0.5) is 0 Å². The van der Waals surface area contributed by atoms with Crippen molar-refractivity contribution in [2.75, 3.05) is 12.4 Å². The number of aromatic nitrogens is 1. The van der Waals surface area contributed by atoms with Gasteiger partial charge in [0, 0.05) is 21.9 Å². The molecule has 0 saturated carbocycles. The van der Waals surface area contributed by atoms with Crippen LogP contribution in [0.25, 0.3) is 11.3 Å². The van der Waals surface area contributed by atoms with Crippen LogP contribution in [0, 0.1) is 11.3 Å². The minimum Gasteiger partial charge on any atom is -0.457 e. The van der Waals surface area contributed by atoms with E-state index < -0.39 is 5.97 Å². The van der Waals surface area contributed by atoms with Gasteiger partial charge in [-0.3, -0.25) is 9.59 Å². The molecule has 0 N–H and O–H groups in total. The van der Waals surface area contributed by atoms with E-state index in [2.05, 4.69) is 11.1 Å². The number of carbonyl (C=O) groups is 2. The highest BCUT2D eigenvalue weighted by Crippen LogP contribution is 2.25. The summed E-state index contributed by atoms with van der Waals surface area (Å²) in [5.74, 6) is -0.396. The second-order valence-corrected chi connectivity index (χ2v) is 7.74. The summed E-state index contributed by atoms with van der Waals surface area (Å²) < 4.78 is 5.06. The van der Waals surface area contributed by atoms with Gasteiger partial charge in [-0.05, 0) is 36.4 Å². The molecule has 0 saturated heterocycles. The van der Waals surface area contributed by atoms with E-state index in [4.69, 9.17) is 16.3 Å². The predicted molar refractivity (Wildman–Crippen MR) is 116 cm³/mol. The number of esters is 1. The lowest BCUT2D eigenvalue weighted by molar-refractivity contribution is -0.141. The molecular formula is C23H17ClN2O3S. The van der Waals surface area contributed by atoms with Crippen LogP contribution in [0.2, 0.25) is 5.02 Å². The van der Waals surface area contributed by atoms with E-state index in [0.29, 0.717) is 26.9 Å². The van der Waals surface area contributed by atoms with Gasteiger partial charge >= 0.3 is 5.97 Å². The average molecular weight is 437 g/mol. The van der Waals surface area contributed by atoms with Crippen molar-refractivity contribution in [3.8, 4) is 17.3 Å². The standard InChI is InChI=1S/C23H17ClN2O3S/c24-19-9-6-17(7-10-19)21(27)15-29-22(28)12-13-30-23-18(14-25)8-11-20(26-23)16-4-2-1-3-5-16/h1-11H,12-13,15H2. The minimum atomic E-state index is -0.484. The maximum absolute atomic E-state index is 12.0. The summed E-state index contributed by atoms with van der Waals surface area (Å²) in [6, 6.07) is 21.7. The number of ketones is 1. The van der Waals surface area contributed by atoms with Gasteiger partial charge in [0.1, 0.15) is 11.1 Å². The Morgan fingerprint density at radius 2 is 1.77 bits per heavy atom. The lowest BCUT2D eigenvalue weighted by atomic mass is 10.1. The van der Waals surface area contributed by atoms with Gasteiger partial charge in [0.25, 0.3) is 0 Å². The molecule has 1 heterocycles. The van der Waals surface area contributed by atoms with Gasteiger partial charge in [-0.15, -0.1) is 11.8 Å². The number of Topliss-reactive ketones (excluding diaryl/α,β-unsaturated/α-hetero) is 1. The molecule has 0 unspecified atom stereocenters. The predicted octanol–water partition coefficient (Wildman–Crippen LogP) is 5.18. The molecule has 3 rings (SSSR count). The molecule has 0 bridgehead atoms. The molecule has 1 aromatic heterocycles. The van der Waals surface area contributed by atoms with Crippen LogP contribution >= 0.6 is 23.4 Å². The molecule has 150 valence electrons. The van der Waals surface area contributed by atoms with Crippen molar-refractivity contribution in [1.82, 2.24) is 4.98 Å². The number of nitriles is 1. The molecular weight excluding hydrogens is 420 g/mol. The van der Waals surface area contributed by atoms with Gasteiger partial charge in [-0.1, -0.05) is 41.9 Å². The fourth-order valence-corrected chi connectivity index (χ4v) is 3.59. The Morgan fingerprint density at radius 1 is 1.03 bits per heavy atom. The van der Waals surface area contributed by atoms with Crippen molar-refractivity contribution in [2.45, 2.75) is 11.4 Å². The van der Waals surface area contributed by atoms with Crippen molar-refractivity contribution in [3.63, 3.8) is 0 Å². The first-order valence-electron chi connectivity index (χ1n) is 9.10. The van der Waals surface area contributed by atoms with E-state index in [1.807, 2.05) is 30.3 Å². The SMILES string of the molecule is N#Cc1ccc(-c2ccccc2)nc1SCCC(=O)OCC(=O)c1ccc(Cl)cc1. The molecule has 0 amide bonds. The fraction of sp³-hybridized carbons (Fsp3) is 0.130. The summed E-state index contributed by atoms with van der Waals surface area (Å²) in [6.07, 6.45) is 0.0979. The first kappa shape index (κ1) is 21.6. The Morgan fingerprint density at radius 3 is 2.47 bits per heavy atom. The lowest BCUT2D eigenvalue weighted by Gasteiger charge is -2.07. The van der Waals surface area contributed by atoms with E-state index in [1.54, 1.807) is 36.4 Å². The highest BCUT2D eigenvalue weighted by molar-refractivity contribution is 7.99. The van der Waals surface area contributed by atoms with E-state index in [0.717, 1.165) is 11.3 Å². The molecule has 3 aromatic rings. The van der Waals surface area contributed by atoms with Crippen molar-refractivity contribution in [2.24, 2.45) is 0 Å². The van der Waals surface area contributed by atoms with Gasteiger partial charge in [0.2, 0.25) is 0 Å². The number of thioether (sulfide) groups is 1. The van der Waals surface area contributed by atoms with Gasteiger partial charge < -0.3 is 4.74 Å². The van der Waals surface area contributed by atoms with Gasteiger partial charge in [-0.2, -0.15) is 5.26 Å². The Balaban J connectivity index is 1.53. The monoisotopic (exact) mass is 436 g/mol. The third-order valence-electron chi connectivity index (χ3n) is 4.13. The highest BCUT2D eigenvalue weighted by Gasteiger charge is 2.12. The van der Waals surface area contributed by atoms with Crippen LogP contribution in [0.3, 0.4) is 0 Å². The van der Waals surface area contributed by atoms with Crippen LogP contribution in [-0.4, -0.2) is 29.1 Å². The molecule has 5 nitrogen and oxygen atoms in total. The molecule has 0 aliphatic heterocycles. The number of benzene rings is 2. The van der Waals surface area contributed by atoms with Crippen molar-refractivity contribution in [3.05, 3.63) is 82.9 Å². The largest absolute Gasteiger partial charge is 0.457 e. The van der Waals surface area contributed by atoms with E-state index in [1.165, 1.54) is 11.8 Å². The van der Waals surface area contributed by atoms with Gasteiger partial charge in [-0.25, -0.2) is 4.98 Å². The quantitative estimate of drug-likeness (QED) is 0.275. The molecule has 0 aliphatic rings. The van der Waals surface area contributed by atoms with Crippen molar-refractivity contribution in [1.29, 1.82) is 5.26 Å². The van der Waals surface area contributed by atoms with Crippen molar-refractivity contribution >= 4 is 35.1 Å². The zero-order chi connectivity index (χ0) is 21.3. The Kier molecular flexibility index (Phi) is 7.61. The Labute approximate surface area is 183 Å². The minimum absolute atomic E-state index is 0.0979. The average Bonchev–Trinajstić information content (AvgIpc) is 2.78. The summed E-state index contributed by atoms with van der Waals surface area (Å²) >= 11 is 7.10. The summed E-state index contributed by atoms with van der Waals surface area (Å²) in [7, 11) is 0. The maximum atomic E-state index is 12.0. The molecule has 2 aromatic carbocycles. The Hall–Kier alpha value is -3.14. The van der Waals surface area contributed by atoms with Gasteiger partial charge in [0.05, 0.1) is 17.7 Å². The number of pyridine rings is 1. The van der Waals surface area contributed by atoms with E-state index >= 15 is 0 Å². The number of rotatable bonds is 8. The zero-order valence-corrected chi connectivity index (χ0v) is 17.4. The second kappa shape index (κ2) is 10.6. The van der Waals surface area contributed by atoms with E-state index in [9.17, 15) is 14.9 Å². The number of ether oxygens (including phenoxy) is 1. The molecule has 7 heteroatoms. The van der Waals surface area contributed by atoms with Crippen LogP contribution < -0.4 is 0 Å².